The van der Waals surface area contributed by atoms with E-state index in [1.54, 1.807) is 24.9 Å². The molecule has 1 atom stereocenters. The van der Waals surface area contributed by atoms with Crippen LogP contribution in [0.25, 0.3) is 0 Å². The average molecular weight is 302 g/mol. The van der Waals surface area contributed by atoms with E-state index in [2.05, 4.69) is 15.1 Å². The highest BCUT2D eigenvalue weighted by atomic mass is 32.2. The quantitative estimate of drug-likeness (QED) is 0.668. The van der Waals surface area contributed by atoms with E-state index in [0.717, 1.165) is 6.54 Å². The molecule has 1 heterocycles. The highest BCUT2D eigenvalue weighted by Gasteiger charge is 2.20. The summed E-state index contributed by atoms with van der Waals surface area (Å²) in [6.07, 6.45) is 5.23. The van der Waals surface area contributed by atoms with E-state index in [1.807, 2.05) is 0 Å². The second-order valence-corrected chi connectivity index (χ2v) is 6.83. The number of sulfonamides is 1. The van der Waals surface area contributed by atoms with Gasteiger partial charge >= 0.3 is 0 Å². The molecule has 0 aromatic carbocycles. The minimum absolute atomic E-state index is 0.164. The molecular weight excluding hydrogens is 280 g/mol. The van der Waals surface area contributed by atoms with Crippen LogP contribution < -0.4 is 10.0 Å². The molecule has 0 spiro atoms. The highest BCUT2D eigenvalue weighted by molar-refractivity contribution is 7.89. The molecule has 20 heavy (non-hydrogen) atoms. The maximum absolute atomic E-state index is 12.0. The average Bonchev–Trinajstić information content (AvgIpc) is 3.11. The van der Waals surface area contributed by atoms with Crippen LogP contribution in [0.1, 0.15) is 19.8 Å². The third-order valence-electron chi connectivity index (χ3n) is 3.23. The van der Waals surface area contributed by atoms with E-state index >= 15 is 0 Å². The van der Waals surface area contributed by atoms with Crippen LogP contribution in [0, 0.1) is 0 Å². The van der Waals surface area contributed by atoms with Crippen LogP contribution in [0.5, 0.6) is 0 Å². The number of ether oxygens (including phenoxy) is 1. The lowest BCUT2D eigenvalue weighted by atomic mass is 10.4. The number of rotatable bonds is 9. The van der Waals surface area contributed by atoms with Crippen molar-refractivity contribution in [2.75, 3.05) is 20.2 Å². The maximum atomic E-state index is 12.0. The van der Waals surface area contributed by atoms with Crippen molar-refractivity contribution in [1.82, 2.24) is 19.8 Å². The van der Waals surface area contributed by atoms with Crippen molar-refractivity contribution in [3.63, 3.8) is 0 Å². The van der Waals surface area contributed by atoms with Gasteiger partial charge in [-0.1, -0.05) is 0 Å². The summed E-state index contributed by atoms with van der Waals surface area (Å²) < 4.78 is 33.2. The molecule has 0 amide bonds. The van der Waals surface area contributed by atoms with Gasteiger partial charge in [-0.2, -0.15) is 5.10 Å². The van der Waals surface area contributed by atoms with Gasteiger partial charge in [-0.05, 0) is 19.8 Å². The maximum Gasteiger partial charge on any atom is 0.243 e. The zero-order valence-electron chi connectivity index (χ0n) is 11.9. The Balaban J connectivity index is 1.85. The van der Waals surface area contributed by atoms with Crippen LogP contribution in [0.15, 0.2) is 17.3 Å². The Morgan fingerprint density at radius 2 is 2.30 bits per heavy atom. The molecule has 0 bridgehead atoms. The van der Waals surface area contributed by atoms with Gasteiger partial charge in [0.15, 0.2) is 0 Å². The van der Waals surface area contributed by atoms with Crippen LogP contribution in [0.4, 0.5) is 0 Å². The molecule has 8 heteroatoms. The summed E-state index contributed by atoms with van der Waals surface area (Å²) >= 11 is 0. The van der Waals surface area contributed by atoms with Crippen LogP contribution in [-0.2, 0) is 21.3 Å². The molecule has 1 aliphatic rings. The standard InChI is InChI=1S/C12H22N4O3S/c1-10(19-2)7-15-20(17,18)12-8-14-16(9-12)6-5-13-11-3-4-11/h8-11,13,15H,3-7H2,1-2H3. The molecule has 7 nitrogen and oxygen atoms in total. The first-order valence-corrected chi connectivity index (χ1v) is 8.28. The monoisotopic (exact) mass is 302 g/mol. The fraction of sp³-hybridized carbons (Fsp3) is 0.750. The van der Waals surface area contributed by atoms with Gasteiger partial charge < -0.3 is 10.1 Å². The van der Waals surface area contributed by atoms with E-state index in [-0.39, 0.29) is 17.5 Å². The van der Waals surface area contributed by atoms with Gasteiger partial charge in [0.2, 0.25) is 10.0 Å². The largest absolute Gasteiger partial charge is 0.380 e. The summed E-state index contributed by atoms with van der Waals surface area (Å²) in [4.78, 5) is 0.187. The second-order valence-electron chi connectivity index (χ2n) is 5.07. The van der Waals surface area contributed by atoms with Gasteiger partial charge in [0, 0.05) is 32.4 Å². The molecule has 0 saturated heterocycles. The van der Waals surface area contributed by atoms with E-state index in [4.69, 9.17) is 4.74 Å². The molecule has 0 radical (unpaired) electrons. The van der Waals surface area contributed by atoms with E-state index in [9.17, 15) is 8.42 Å². The predicted molar refractivity (Wildman–Crippen MR) is 74.9 cm³/mol. The zero-order chi connectivity index (χ0) is 14.6. The summed E-state index contributed by atoms with van der Waals surface area (Å²) in [6, 6.07) is 0.644. The lowest BCUT2D eigenvalue weighted by Crippen LogP contribution is -2.31. The first-order chi connectivity index (χ1) is 9.51. The van der Waals surface area contributed by atoms with Gasteiger partial charge in [0.25, 0.3) is 0 Å². The highest BCUT2D eigenvalue weighted by Crippen LogP contribution is 2.18. The van der Waals surface area contributed by atoms with Crippen LogP contribution >= 0.6 is 0 Å². The Kier molecular flexibility index (Phi) is 5.14. The number of hydrogen-bond donors (Lipinski definition) is 2. The van der Waals surface area contributed by atoms with E-state index in [0.29, 0.717) is 12.6 Å². The van der Waals surface area contributed by atoms with Crippen molar-refractivity contribution in [2.45, 2.75) is 43.4 Å². The second kappa shape index (κ2) is 6.66. The number of aromatic nitrogens is 2. The molecular formula is C12H22N4O3S. The molecule has 1 aromatic rings. The minimum atomic E-state index is -3.51. The van der Waals surface area contributed by atoms with Gasteiger partial charge in [-0.25, -0.2) is 13.1 Å². The normalized spacial score (nSPS) is 17.3. The van der Waals surface area contributed by atoms with Gasteiger partial charge in [0.05, 0.1) is 18.8 Å². The molecule has 2 N–H and O–H groups in total. The van der Waals surface area contributed by atoms with Crippen molar-refractivity contribution < 1.29 is 13.2 Å². The summed E-state index contributed by atoms with van der Waals surface area (Å²) in [5.74, 6) is 0. The minimum Gasteiger partial charge on any atom is -0.380 e. The lowest BCUT2D eigenvalue weighted by molar-refractivity contribution is 0.122. The molecule has 1 saturated carbocycles. The van der Waals surface area contributed by atoms with Gasteiger partial charge in [-0.15, -0.1) is 0 Å². The van der Waals surface area contributed by atoms with E-state index in [1.165, 1.54) is 19.0 Å². The number of nitrogens with one attached hydrogen (secondary N) is 2. The fourth-order valence-corrected chi connectivity index (χ4v) is 2.74. The molecule has 2 rings (SSSR count). The summed E-state index contributed by atoms with van der Waals surface area (Å²) in [6.45, 7) is 3.52. The van der Waals surface area contributed by atoms with Crippen molar-refractivity contribution in [2.24, 2.45) is 0 Å². The van der Waals surface area contributed by atoms with E-state index < -0.39 is 10.0 Å². The van der Waals surface area contributed by atoms with Crippen LogP contribution in [0.2, 0.25) is 0 Å². The third-order valence-corrected chi connectivity index (χ3v) is 4.61. The first kappa shape index (κ1) is 15.4. The molecule has 1 unspecified atom stereocenters. The van der Waals surface area contributed by atoms with Crippen molar-refractivity contribution in [1.29, 1.82) is 0 Å². The molecule has 1 aliphatic carbocycles. The Hall–Kier alpha value is -0.960. The van der Waals surface area contributed by atoms with Crippen LogP contribution in [-0.4, -0.2) is 50.5 Å². The van der Waals surface area contributed by atoms with Crippen LogP contribution in [0.3, 0.4) is 0 Å². The molecule has 0 aliphatic heterocycles. The SMILES string of the molecule is COC(C)CNS(=O)(=O)c1cnn(CCNC2CC2)c1. The molecule has 1 aromatic heterocycles. The lowest BCUT2D eigenvalue weighted by Gasteiger charge is -2.10. The topological polar surface area (TPSA) is 85.2 Å². The smallest absolute Gasteiger partial charge is 0.243 e. The van der Waals surface area contributed by atoms with Crippen molar-refractivity contribution in [3.05, 3.63) is 12.4 Å². The Labute approximate surface area is 119 Å². The first-order valence-electron chi connectivity index (χ1n) is 6.79. The Bertz CT molecular complexity index is 525. The number of hydrogen-bond acceptors (Lipinski definition) is 5. The van der Waals surface area contributed by atoms with Crippen molar-refractivity contribution in [3.8, 4) is 0 Å². The third kappa shape index (κ3) is 4.55. The molecule has 1 fully saturated rings. The Morgan fingerprint density at radius 1 is 1.55 bits per heavy atom. The molecule has 114 valence electrons. The Morgan fingerprint density at radius 3 is 2.95 bits per heavy atom. The number of nitrogens with zero attached hydrogens (tertiary/aromatic N) is 2. The summed E-state index contributed by atoms with van der Waals surface area (Å²) in [5.41, 5.74) is 0. The summed E-state index contributed by atoms with van der Waals surface area (Å²) in [5, 5.41) is 7.43. The van der Waals surface area contributed by atoms with Gasteiger partial charge in [-0.3, -0.25) is 4.68 Å². The van der Waals surface area contributed by atoms with Crippen molar-refractivity contribution >= 4 is 10.0 Å². The predicted octanol–water partition coefficient (Wildman–Crippen LogP) is -0.0517. The fourth-order valence-electron chi connectivity index (χ4n) is 1.67. The zero-order valence-corrected chi connectivity index (χ0v) is 12.7. The van der Waals surface area contributed by atoms with Gasteiger partial charge in [0.1, 0.15) is 4.90 Å². The summed E-state index contributed by atoms with van der Waals surface area (Å²) in [7, 11) is -1.96. The number of methoxy groups -OCH3 is 1.